The maximum Gasteiger partial charge on any atom is 0.183 e. The van der Waals surface area contributed by atoms with Crippen molar-refractivity contribution < 1.29 is 4.74 Å². The molecule has 1 aromatic carbocycles. The summed E-state index contributed by atoms with van der Waals surface area (Å²) in [7, 11) is 0. The van der Waals surface area contributed by atoms with Gasteiger partial charge in [0, 0.05) is 24.0 Å². The lowest BCUT2D eigenvalue weighted by molar-refractivity contribution is 0.399. The SMILES string of the molecule is C=C/C=C\c1cccc(O/C=N/C(NC2=CCC=C(NCCCCC)C=C2)=C2/N=CN(C3CCCCCC3)C2=N)c1C. The number of amidine groups is 1. The van der Waals surface area contributed by atoms with Crippen molar-refractivity contribution in [2.45, 2.75) is 84.1 Å². The number of rotatable bonds is 13. The summed E-state index contributed by atoms with van der Waals surface area (Å²) in [6.45, 7) is 8.97. The van der Waals surface area contributed by atoms with Gasteiger partial charge >= 0.3 is 0 Å². The summed E-state index contributed by atoms with van der Waals surface area (Å²) in [6.07, 6.45) is 28.8. The van der Waals surface area contributed by atoms with Gasteiger partial charge in [-0.3, -0.25) is 5.41 Å². The van der Waals surface area contributed by atoms with Crippen LogP contribution in [0, 0.1) is 12.3 Å². The maximum absolute atomic E-state index is 9.05. The quantitative estimate of drug-likeness (QED) is 0.0745. The molecule has 0 aromatic heterocycles. The van der Waals surface area contributed by atoms with Crippen LogP contribution in [0.5, 0.6) is 5.75 Å². The lowest BCUT2D eigenvalue weighted by Crippen LogP contribution is -2.36. The molecule has 0 unspecified atom stereocenters. The molecule has 2 aliphatic carbocycles. The molecule has 0 spiro atoms. The third-order valence-corrected chi connectivity index (χ3v) is 7.83. The molecule has 0 saturated heterocycles. The number of allylic oxidation sites excluding steroid dienone is 6. The van der Waals surface area contributed by atoms with Crippen LogP contribution in [0.1, 0.15) is 82.3 Å². The van der Waals surface area contributed by atoms with Gasteiger partial charge in [-0.15, -0.1) is 0 Å². The molecular formula is C35H46N6O. The Morgan fingerprint density at radius 3 is 2.71 bits per heavy atom. The Morgan fingerprint density at radius 1 is 1.14 bits per heavy atom. The molecule has 1 aliphatic heterocycles. The van der Waals surface area contributed by atoms with Gasteiger partial charge in [0.25, 0.3) is 0 Å². The first-order valence-electron chi connectivity index (χ1n) is 15.4. The Bertz CT molecular complexity index is 1300. The van der Waals surface area contributed by atoms with Gasteiger partial charge in [-0.05, 0) is 62.0 Å². The first-order valence-corrected chi connectivity index (χ1v) is 15.4. The van der Waals surface area contributed by atoms with Crippen LogP contribution in [0.15, 0.2) is 94.1 Å². The molecule has 0 atom stereocenters. The summed E-state index contributed by atoms with van der Waals surface area (Å²) in [4.78, 5) is 11.4. The highest BCUT2D eigenvalue weighted by molar-refractivity contribution is 6.07. The van der Waals surface area contributed by atoms with E-state index in [1.165, 1.54) is 44.9 Å². The van der Waals surface area contributed by atoms with E-state index < -0.39 is 0 Å². The standard InChI is InChI=1S/C35H46N6O/c1-4-6-12-24-37-29-17-14-18-30(23-22-29)40-35(33-34(36)41(25-38-33)31-19-10-8-9-11-20-31)39-26-42-32-21-13-16-28(27(32)3)15-7-5-2/h5,7,13,15-18,21-23,25-26,31,36-37,40H,2,4,6,8-12,14,19-20,24H2,1,3H3/b15-7-,35-33-,36-34?,39-26+. The van der Waals surface area contributed by atoms with Crippen molar-refractivity contribution >= 4 is 24.7 Å². The fraction of sp³-hybridized carbons (Fsp3) is 0.400. The van der Waals surface area contributed by atoms with Crippen LogP contribution in [-0.4, -0.2) is 36.1 Å². The number of hydrogen-bond acceptors (Lipinski definition) is 6. The zero-order valence-corrected chi connectivity index (χ0v) is 25.2. The third-order valence-electron chi connectivity index (χ3n) is 7.83. The summed E-state index contributed by atoms with van der Waals surface area (Å²) in [5, 5.41) is 16.0. The van der Waals surface area contributed by atoms with Gasteiger partial charge in [-0.25, -0.2) is 9.98 Å². The van der Waals surface area contributed by atoms with Crippen molar-refractivity contribution in [2.75, 3.05) is 6.54 Å². The van der Waals surface area contributed by atoms with E-state index in [9.17, 15) is 0 Å². The molecular weight excluding hydrogens is 520 g/mol. The van der Waals surface area contributed by atoms with Gasteiger partial charge in [0.15, 0.2) is 18.1 Å². The van der Waals surface area contributed by atoms with Crippen LogP contribution in [0.25, 0.3) is 6.08 Å². The molecule has 1 heterocycles. The number of unbranched alkanes of at least 4 members (excludes halogenated alkanes) is 2. The van der Waals surface area contributed by atoms with Gasteiger partial charge in [0.1, 0.15) is 11.4 Å². The highest BCUT2D eigenvalue weighted by atomic mass is 16.5. The van der Waals surface area contributed by atoms with Crippen molar-refractivity contribution in [3.8, 4) is 5.75 Å². The largest absolute Gasteiger partial charge is 0.445 e. The molecule has 4 rings (SSSR count). The topological polar surface area (TPSA) is 85.1 Å². The zero-order valence-electron chi connectivity index (χ0n) is 25.2. The number of aliphatic imine (C=N–C) groups is 2. The fourth-order valence-electron chi connectivity index (χ4n) is 5.34. The first-order chi connectivity index (χ1) is 20.6. The van der Waals surface area contributed by atoms with Crippen molar-refractivity contribution in [3.05, 3.63) is 95.3 Å². The molecule has 3 N–H and O–H groups in total. The van der Waals surface area contributed by atoms with E-state index in [-0.39, 0.29) is 0 Å². The smallest absolute Gasteiger partial charge is 0.183 e. The average molecular weight is 567 g/mol. The lowest BCUT2D eigenvalue weighted by atomic mass is 10.1. The van der Waals surface area contributed by atoms with E-state index in [0.29, 0.717) is 23.4 Å². The molecule has 7 heteroatoms. The molecule has 222 valence electrons. The predicted molar refractivity (Wildman–Crippen MR) is 177 cm³/mol. The Balaban J connectivity index is 1.54. The van der Waals surface area contributed by atoms with E-state index in [1.807, 2.05) is 54.6 Å². The molecule has 1 saturated carbocycles. The van der Waals surface area contributed by atoms with Gasteiger partial charge < -0.3 is 20.3 Å². The number of nitrogens with one attached hydrogen (secondary N) is 3. The van der Waals surface area contributed by atoms with E-state index in [4.69, 9.17) is 15.1 Å². The second kappa shape index (κ2) is 16.3. The minimum absolute atomic E-state index is 0.305. The molecule has 1 fully saturated rings. The summed E-state index contributed by atoms with van der Waals surface area (Å²) in [5.74, 6) is 1.59. The molecule has 0 radical (unpaired) electrons. The zero-order chi connectivity index (χ0) is 29.6. The monoisotopic (exact) mass is 566 g/mol. The number of benzene rings is 1. The highest BCUT2D eigenvalue weighted by Gasteiger charge is 2.29. The van der Waals surface area contributed by atoms with Crippen molar-refractivity contribution in [1.82, 2.24) is 15.5 Å². The molecule has 42 heavy (non-hydrogen) atoms. The van der Waals surface area contributed by atoms with Crippen molar-refractivity contribution in [1.29, 1.82) is 5.41 Å². The Hall–Kier alpha value is -4.13. The summed E-state index contributed by atoms with van der Waals surface area (Å²) in [6, 6.07) is 6.23. The van der Waals surface area contributed by atoms with Crippen molar-refractivity contribution in [2.24, 2.45) is 9.98 Å². The van der Waals surface area contributed by atoms with E-state index in [1.54, 1.807) is 6.08 Å². The van der Waals surface area contributed by atoms with Crippen LogP contribution < -0.4 is 15.4 Å². The van der Waals surface area contributed by atoms with E-state index >= 15 is 0 Å². The third kappa shape index (κ3) is 8.68. The average Bonchev–Trinajstić information content (AvgIpc) is 3.17. The van der Waals surface area contributed by atoms with E-state index in [2.05, 4.69) is 47.4 Å². The van der Waals surface area contributed by atoms with Crippen LogP contribution in [-0.2, 0) is 0 Å². The fourth-order valence-corrected chi connectivity index (χ4v) is 5.34. The minimum Gasteiger partial charge on any atom is -0.445 e. The Labute approximate surface area is 251 Å². The van der Waals surface area contributed by atoms with E-state index in [0.717, 1.165) is 60.5 Å². The van der Waals surface area contributed by atoms with Gasteiger partial charge in [0.05, 0.1) is 6.34 Å². The van der Waals surface area contributed by atoms with Gasteiger partial charge in [-0.1, -0.05) is 94.5 Å². The number of ether oxygens (including phenoxy) is 1. The normalized spacial score (nSPS) is 19.1. The molecule has 0 amide bonds. The van der Waals surface area contributed by atoms with Crippen LogP contribution in [0.2, 0.25) is 0 Å². The summed E-state index contributed by atoms with van der Waals surface area (Å²) < 4.78 is 6.02. The molecule has 1 aromatic rings. The second-order valence-corrected chi connectivity index (χ2v) is 10.9. The highest BCUT2D eigenvalue weighted by Crippen LogP contribution is 2.27. The Kier molecular flexibility index (Phi) is 12.0. The minimum atomic E-state index is 0.305. The predicted octanol–water partition coefficient (Wildman–Crippen LogP) is 7.91. The number of nitrogens with zero attached hydrogens (tertiary/aromatic N) is 3. The van der Waals surface area contributed by atoms with Crippen LogP contribution in [0.4, 0.5) is 0 Å². The van der Waals surface area contributed by atoms with Crippen LogP contribution >= 0.6 is 0 Å². The van der Waals surface area contributed by atoms with Gasteiger partial charge in [0.2, 0.25) is 0 Å². The Morgan fingerprint density at radius 2 is 1.93 bits per heavy atom. The first kappa shape index (κ1) is 30.8. The van der Waals surface area contributed by atoms with Gasteiger partial charge in [-0.2, -0.15) is 0 Å². The second-order valence-electron chi connectivity index (χ2n) is 10.9. The molecule has 7 nitrogen and oxygen atoms in total. The molecule has 0 bridgehead atoms. The van der Waals surface area contributed by atoms with Crippen LogP contribution in [0.3, 0.4) is 0 Å². The summed E-state index contributed by atoms with van der Waals surface area (Å²) in [5.41, 5.74) is 4.60. The maximum atomic E-state index is 9.05. The van der Waals surface area contributed by atoms with Crippen molar-refractivity contribution in [3.63, 3.8) is 0 Å². The lowest BCUT2D eigenvalue weighted by Gasteiger charge is -2.25. The number of hydrogen-bond donors (Lipinski definition) is 3. The molecule has 3 aliphatic rings. The summed E-state index contributed by atoms with van der Waals surface area (Å²) >= 11 is 0.